The second-order valence-corrected chi connectivity index (χ2v) is 4.59. The molecule has 1 rings (SSSR count). The average molecular weight is 221 g/mol. The van der Waals surface area contributed by atoms with Crippen LogP contribution in [-0.4, -0.2) is 17.8 Å². The van der Waals surface area contributed by atoms with Gasteiger partial charge in [0.15, 0.2) is 0 Å². The molecule has 0 saturated carbocycles. The van der Waals surface area contributed by atoms with Gasteiger partial charge in [0, 0.05) is 6.54 Å². The van der Waals surface area contributed by atoms with Gasteiger partial charge in [0.25, 0.3) is 0 Å². The summed E-state index contributed by atoms with van der Waals surface area (Å²) in [6, 6.07) is 6.52. The minimum Gasteiger partial charge on any atom is -0.392 e. The number of nitrogens with two attached hydrogens (primary N) is 1. The van der Waals surface area contributed by atoms with E-state index < -0.39 is 0 Å². The molecule has 0 heterocycles. The summed E-state index contributed by atoms with van der Waals surface area (Å²) in [5, 5.41) is 9.64. The lowest BCUT2D eigenvalue weighted by Gasteiger charge is -2.20. The summed E-state index contributed by atoms with van der Waals surface area (Å²) >= 11 is 0. The van der Waals surface area contributed by atoms with Crippen LogP contribution >= 0.6 is 0 Å². The second kappa shape index (κ2) is 6.02. The fraction of sp³-hybridized carbons (Fsp3) is 0.571. The Bertz CT molecular complexity index is 336. The summed E-state index contributed by atoms with van der Waals surface area (Å²) < 4.78 is 0. The number of hydrogen-bond acceptors (Lipinski definition) is 2. The van der Waals surface area contributed by atoms with E-state index in [9.17, 15) is 5.11 Å². The fourth-order valence-electron chi connectivity index (χ4n) is 2.22. The first-order chi connectivity index (χ1) is 7.58. The monoisotopic (exact) mass is 221 g/mol. The number of aryl methyl sites for hydroxylation is 2. The van der Waals surface area contributed by atoms with Crippen LogP contribution in [0.1, 0.15) is 42.4 Å². The van der Waals surface area contributed by atoms with Gasteiger partial charge in [-0.15, -0.1) is 0 Å². The van der Waals surface area contributed by atoms with Gasteiger partial charge < -0.3 is 10.8 Å². The summed E-state index contributed by atoms with van der Waals surface area (Å²) in [7, 11) is 0. The number of aliphatic hydroxyl groups is 1. The summed E-state index contributed by atoms with van der Waals surface area (Å²) in [4.78, 5) is 0. The van der Waals surface area contributed by atoms with Crippen molar-refractivity contribution in [2.75, 3.05) is 6.54 Å². The highest BCUT2D eigenvalue weighted by Crippen LogP contribution is 2.27. The molecule has 0 fully saturated rings. The molecule has 2 atom stereocenters. The minimum absolute atomic E-state index is 0.349. The van der Waals surface area contributed by atoms with Crippen LogP contribution in [0.25, 0.3) is 0 Å². The molecule has 0 amide bonds. The molecule has 90 valence electrons. The smallest absolute Gasteiger partial charge is 0.0668 e. The Labute approximate surface area is 98.5 Å². The zero-order chi connectivity index (χ0) is 12.1. The molecule has 3 N–H and O–H groups in total. The van der Waals surface area contributed by atoms with E-state index in [1.54, 1.807) is 0 Å². The molecule has 16 heavy (non-hydrogen) atoms. The van der Waals surface area contributed by atoms with Crippen LogP contribution in [0.2, 0.25) is 0 Å². The molecule has 0 radical (unpaired) electrons. The van der Waals surface area contributed by atoms with Crippen molar-refractivity contribution in [3.63, 3.8) is 0 Å². The van der Waals surface area contributed by atoms with Crippen molar-refractivity contribution in [1.29, 1.82) is 0 Å². The molecular weight excluding hydrogens is 198 g/mol. The van der Waals surface area contributed by atoms with Crippen LogP contribution in [0.5, 0.6) is 0 Å². The van der Waals surface area contributed by atoms with Crippen LogP contribution < -0.4 is 5.73 Å². The van der Waals surface area contributed by atoms with Gasteiger partial charge in [-0.05, 0) is 43.7 Å². The first-order valence-electron chi connectivity index (χ1n) is 6.03. The summed E-state index contributed by atoms with van der Waals surface area (Å²) in [5.74, 6) is 0.416. The van der Waals surface area contributed by atoms with Crippen LogP contribution in [0, 0.1) is 13.8 Å². The largest absolute Gasteiger partial charge is 0.392 e. The van der Waals surface area contributed by atoms with E-state index >= 15 is 0 Å². The van der Waals surface area contributed by atoms with E-state index in [0.29, 0.717) is 12.5 Å². The molecule has 0 aliphatic rings. The lowest BCUT2D eigenvalue weighted by Crippen LogP contribution is -2.22. The van der Waals surface area contributed by atoms with Crippen molar-refractivity contribution in [2.24, 2.45) is 5.73 Å². The third-order valence-electron chi connectivity index (χ3n) is 3.19. The molecule has 0 aliphatic carbocycles. The van der Waals surface area contributed by atoms with Crippen molar-refractivity contribution >= 4 is 0 Å². The molecular formula is C14H23NO. The standard InChI is InChI=1S/C14H23NO/c1-4-12(8-13(16)9-15)14-6-5-10(2)7-11(14)3/h5-7,12-13,16H,4,8-9,15H2,1-3H3. The molecule has 2 nitrogen and oxygen atoms in total. The van der Waals surface area contributed by atoms with Crippen LogP contribution in [-0.2, 0) is 0 Å². The van der Waals surface area contributed by atoms with Gasteiger partial charge in [-0.25, -0.2) is 0 Å². The molecule has 2 heteroatoms. The van der Waals surface area contributed by atoms with E-state index in [2.05, 4.69) is 39.0 Å². The highest BCUT2D eigenvalue weighted by atomic mass is 16.3. The SMILES string of the molecule is CCC(CC(O)CN)c1ccc(C)cc1C. The Balaban J connectivity index is 2.86. The molecule has 0 bridgehead atoms. The Morgan fingerprint density at radius 1 is 1.31 bits per heavy atom. The van der Waals surface area contributed by atoms with Gasteiger partial charge in [-0.3, -0.25) is 0 Å². The van der Waals surface area contributed by atoms with E-state index in [-0.39, 0.29) is 6.10 Å². The first kappa shape index (κ1) is 13.2. The van der Waals surface area contributed by atoms with Crippen molar-refractivity contribution in [3.05, 3.63) is 34.9 Å². The summed E-state index contributed by atoms with van der Waals surface area (Å²) in [5.41, 5.74) is 9.42. The quantitative estimate of drug-likeness (QED) is 0.802. The fourth-order valence-corrected chi connectivity index (χ4v) is 2.22. The molecule has 0 aromatic heterocycles. The molecule has 2 unspecified atom stereocenters. The maximum atomic E-state index is 9.64. The molecule has 0 aliphatic heterocycles. The van der Waals surface area contributed by atoms with Crippen molar-refractivity contribution < 1.29 is 5.11 Å². The molecule has 0 spiro atoms. The van der Waals surface area contributed by atoms with Gasteiger partial charge in [-0.1, -0.05) is 30.7 Å². The Morgan fingerprint density at radius 3 is 2.50 bits per heavy atom. The minimum atomic E-state index is -0.384. The van der Waals surface area contributed by atoms with E-state index in [4.69, 9.17) is 5.73 Å². The third kappa shape index (κ3) is 3.32. The van der Waals surface area contributed by atoms with Crippen LogP contribution in [0.4, 0.5) is 0 Å². The average Bonchev–Trinajstić information content (AvgIpc) is 2.26. The number of aliphatic hydroxyl groups excluding tert-OH is 1. The van der Waals surface area contributed by atoms with Gasteiger partial charge in [0.1, 0.15) is 0 Å². The number of rotatable bonds is 5. The lowest BCUT2D eigenvalue weighted by molar-refractivity contribution is 0.162. The van der Waals surface area contributed by atoms with Gasteiger partial charge in [0.05, 0.1) is 6.10 Å². The predicted molar refractivity (Wildman–Crippen MR) is 68.6 cm³/mol. The second-order valence-electron chi connectivity index (χ2n) is 4.59. The Morgan fingerprint density at radius 2 is 2.00 bits per heavy atom. The van der Waals surface area contributed by atoms with Gasteiger partial charge in [-0.2, -0.15) is 0 Å². The van der Waals surface area contributed by atoms with E-state index in [1.807, 2.05) is 0 Å². The number of benzene rings is 1. The topological polar surface area (TPSA) is 46.2 Å². The van der Waals surface area contributed by atoms with Crippen molar-refractivity contribution in [1.82, 2.24) is 0 Å². The van der Waals surface area contributed by atoms with Gasteiger partial charge >= 0.3 is 0 Å². The van der Waals surface area contributed by atoms with Crippen LogP contribution in [0.3, 0.4) is 0 Å². The highest BCUT2D eigenvalue weighted by Gasteiger charge is 2.15. The predicted octanol–water partition coefficient (Wildman–Crippen LogP) is 2.51. The van der Waals surface area contributed by atoms with Crippen LogP contribution in [0.15, 0.2) is 18.2 Å². The van der Waals surface area contributed by atoms with E-state index in [1.165, 1.54) is 16.7 Å². The molecule has 0 saturated heterocycles. The Hall–Kier alpha value is -0.860. The van der Waals surface area contributed by atoms with Crippen molar-refractivity contribution in [3.8, 4) is 0 Å². The van der Waals surface area contributed by atoms with Gasteiger partial charge in [0.2, 0.25) is 0 Å². The first-order valence-corrected chi connectivity index (χ1v) is 6.03. The summed E-state index contributed by atoms with van der Waals surface area (Å²) in [6.07, 6.45) is 1.42. The Kier molecular flexibility index (Phi) is 4.97. The lowest BCUT2D eigenvalue weighted by atomic mass is 9.87. The summed E-state index contributed by atoms with van der Waals surface area (Å²) in [6.45, 7) is 6.75. The zero-order valence-corrected chi connectivity index (χ0v) is 10.5. The number of hydrogen-bond donors (Lipinski definition) is 2. The van der Waals surface area contributed by atoms with E-state index in [0.717, 1.165) is 12.8 Å². The maximum Gasteiger partial charge on any atom is 0.0668 e. The normalized spacial score (nSPS) is 14.8. The third-order valence-corrected chi connectivity index (χ3v) is 3.19. The molecule has 1 aromatic rings. The highest BCUT2D eigenvalue weighted by molar-refractivity contribution is 5.33. The molecule has 1 aromatic carbocycles. The zero-order valence-electron chi connectivity index (χ0n) is 10.5. The maximum absolute atomic E-state index is 9.64. The van der Waals surface area contributed by atoms with Crippen molar-refractivity contribution in [2.45, 2.75) is 45.6 Å².